The maximum Gasteiger partial charge on any atom is 0.270 e. The van der Waals surface area contributed by atoms with Gasteiger partial charge in [0.15, 0.2) is 4.32 Å². The molecule has 0 aliphatic carbocycles. The average molecular weight is 817 g/mol. The number of carbonyl (C=O) groups is 2. The quantitative estimate of drug-likeness (QED) is 0.115. The minimum absolute atomic E-state index is 0.285. The highest BCUT2D eigenvalue weighted by Gasteiger charge is 2.33. The van der Waals surface area contributed by atoms with Gasteiger partial charge in [-0.25, -0.2) is 4.39 Å². The number of halogens is 3. The van der Waals surface area contributed by atoms with Gasteiger partial charge in [-0.2, -0.15) is 5.26 Å². The number of nitrogens with one attached hydrogen (secondary N) is 1. The van der Waals surface area contributed by atoms with Crippen molar-refractivity contribution in [2.45, 2.75) is 6.61 Å². The molecule has 1 fully saturated rings. The summed E-state index contributed by atoms with van der Waals surface area (Å²) in [4.78, 5) is 28.1. The molecule has 0 radical (unpaired) electrons. The highest BCUT2D eigenvalue weighted by atomic mass is 127. The molecule has 0 aromatic heterocycles. The van der Waals surface area contributed by atoms with Crippen molar-refractivity contribution in [2.24, 2.45) is 0 Å². The molecule has 1 N–H and O–H groups in total. The fraction of sp³-hybridized carbons (Fsp3) is 0.0323. The molecular weight excluding hydrogens is 799 g/mol. The zero-order chi connectivity index (χ0) is 29.8. The first-order valence-electron chi connectivity index (χ1n) is 12.3. The Balaban J connectivity index is 1.31. The van der Waals surface area contributed by atoms with Crippen LogP contribution >= 0.6 is 69.2 Å². The summed E-state index contributed by atoms with van der Waals surface area (Å²) in [6.07, 6.45) is 1.79. The molecule has 1 aliphatic heterocycles. The molecule has 2 amide bonds. The van der Waals surface area contributed by atoms with Gasteiger partial charge in [0.2, 0.25) is 0 Å². The van der Waals surface area contributed by atoms with Crippen molar-refractivity contribution in [3.05, 3.63) is 125 Å². The third kappa shape index (κ3) is 7.00. The molecule has 4 aromatic rings. The van der Waals surface area contributed by atoms with Gasteiger partial charge in [0.05, 0.1) is 29.4 Å². The van der Waals surface area contributed by atoms with Crippen LogP contribution in [0.25, 0.3) is 6.08 Å². The number of ether oxygens (including phenoxy) is 1. The molecule has 0 saturated carbocycles. The molecule has 0 bridgehead atoms. The van der Waals surface area contributed by atoms with Crippen LogP contribution in [0.4, 0.5) is 15.8 Å². The number of anilines is 2. The third-order valence-corrected chi connectivity index (χ3v) is 8.95. The average Bonchev–Trinajstić information content (AvgIpc) is 3.26. The standard InChI is InChI=1S/C31H18FI2N3O3S2/c32-22-8-10-23(11-9-22)36-29(38)21-2-1-3-24(15-21)37-30(39)27(42-31(37)41)14-20-12-25(33)28(26(34)13-20)40-17-19-6-4-18(16-35)5-7-19/h1-15H,17H2,(H,36,38)/b27-14+. The summed E-state index contributed by atoms with van der Waals surface area (Å²) in [7, 11) is 0. The Bertz CT molecular complexity index is 1770. The van der Waals surface area contributed by atoms with Crippen LogP contribution in [0.1, 0.15) is 27.0 Å². The van der Waals surface area contributed by atoms with Crippen molar-refractivity contribution >= 4 is 103 Å². The summed E-state index contributed by atoms with van der Waals surface area (Å²) in [5.74, 6) is -0.339. The van der Waals surface area contributed by atoms with E-state index >= 15 is 0 Å². The molecule has 4 aromatic carbocycles. The van der Waals surface area contributed by atoms with Gasteiger partial charge in [-0.15, -0.1) is 0 Å². The van der Waals surface area contributed by atoms with E-state index in [4.69, 9.17) is 22.2 Å². The maximum absolute atomic E-state index is 13.4. The molecular formula is C31H18FI2N3O3S2. The topological polar surface area (TPSA) is 82.4 Å². The highest BCUT2D eigenvalue weighted by Crippen LogP contribution is 2.38. The van der Waals surface area contributed by atoms with Crippen molar-refractivity contribution < 1.29 is 18.7 Å². The molecule has 42 heavy (non-hydrogen) atoms. The molecule has 1 saturated heterocycles. The number of thiocarbonyl (C=S) groups is 1. The lowest BCUT2D eigenvalue weighted by molar-refractivity contribution is -0.113. The van der Waals surface area contributed by atoms with E-state index in [0.29, 0.717) is 38.3 Å². The monoisotopic (exact) mass is 817 g/mol. The van der Waals surface area contributed by atoms with E-state index in [1.54, 1.807) is 42.5 Å². The molecule has 5 rings (SSSR count). The Hall–Kier alpha value is -3.32. The van der Waals surface area contributed by atoms with Gasteiger partial charge >= 0.3 is 0 Å². The molecule has 0 spiro atoms. The normalized spacial score (nSPS) is 13.8. The fourth-order valence-corrected chi connectivity index (χ4v) is 7.42. The van der Waals surface area contributed by atoms with Gasteiger partial charge < -0.3 is 10.1 Å². The smallest absolute Gasteiger partial charge is 0.270 e. The Kier molecular flexibility index (Phi) is 9.57. The summed E-state index contributed by atoms with van der Waals surface area (Å²) in [6, 6.07) is 25.3. The predicted octanol–water partition coefficient (Wildman–Crippen LogP) is 8.14. The van der Waals surface area contributed by atoms with Crippen molar-refractivity contribution in [3.63, 3.8) is 0 Å². The van der Waals surface area contributed by atoms with Gasteiger partial charge in [-0.3, -0.25) is 14.5 Å². The first-order chi connectivity index (χ1) is 20.2. The number of amides is 2. The lowest BCUT2D eigenvalue weighted by Gasteiger charge is -2.15. The van der Waals surface area contributed by atoms with Crippen LogP contribution in [-0.2, 0) is 11.4 Å². The van der Waals surface area contributed by atoms with Gasteiger partial charge in [-0.05, 0) is 129 Å². The second kappa shape index (κ2) is 13.3. The molecule has 208 valence electrons. The van der Waals surface area contributed by atoms with E-state index in [1.165, 1.54) is 40.9 Å². The van der Waals surface area contributed by atoms with Crippen LogP contribution in [0.5, 0.6) is 5.75 Å². The Morgan fingerprint density at radius 2 is 1.74 bits per heavy atom. The van der Waals surface area contributed by atoms with Crippen molar-refractivity contribution in [3.8, 4) is 11.8 Å². The highest BCUT2D eigenvalue weighted by molar-refractivity contribution is 14.1. The van der Waals surface area contributed by atoms with Gasteiger partial charge in [0, 0.05) is 11.3 Å². The summed E-state index contributed by atoms with van der Waals surface area (Å²) in [5.41, 5.74) is 3.62. The second-order valence-electron chi connectivity index (χ2n) is 8.94. The number of nitriles is 1. The zero-order valence-corrected chi connectivity index (χ0v) is 27.4. The van der Waals surface area contributed by atoms with Gasteiger partial charge in [-0.1, -0.05) is 42.2 Å². The zero-order valence-electron chi connectivity index (χ0n) is 21.4. The number of hydrogen-bond acceptors (Lipinski definition) is 6. The summed E-state index contributed by atoms with van der Waals surface area (Å²) < 4.78 is 21.4. The van der Waals surface area contributed by atoms with E-state index in [-0.39, 0.29) is 5.91 Å². The fourth-order valence-electron chi connectivity index (χ4n) is 4.00. The first kappa shape index (κ1) is 30.1. The summed E-state index contributed by atoms with van der Waals surface area (Å²) in [6.45, 7) is 0.358. The van der Waals surface area contributed by atoms with Crippen LogP contribution in [0.3, 0.4) is 0 Å². The summed E-state index contributed by atoms with van der Waals surface area (Å²) >= 11 is 11.1. The number of hydrogen-bond donors (Lipinski definition) is 1. The minimum atomic E-state index is -0.397. The molecule has 11 heteroatoms. The van der Waals surface area contributed by atoms with E-state index in [9.17, 15) is 14.0 Å². The molecule has 0 unspecified atom stereocenters. The van der Waals surface area contributed by atoms with E-state index in [1.807, 2.05) is 24.3 Å². The van der Waals surface area contributed by atoms with E-state index in [0.717, 1.165) is 24.0 Å². The number of benzene rings is 4. The molecule has 6 nitrogen and oxygen atoms in total. The van der Waals surface area contributed by atoms with Gasteiger partial charge in [0.25, 0.3) is 11.8 Å². The molecule has 1 aliphatic rings. The van der Waals surface area contributed by atoms with Crippen LogP contribution in [0, 0.1) is 24.3 Å². The van der Waals surface area contributed by atoms with Crippen LogP contribution in [0.2, 0.25) is 0 Å². The van der Waals surface area contributed by atoms with Crippen LogP contribution in [0.15, 0.2) is 89.8 Å². The Morgan fingerprint density at radius 3 is 2.40 bits per heavy atom. The largest absolute Gasteiger partial charge is 0.487 e. The Morgan fingerprint density at radius 1 is 1.05 bits per heavy atom. The number of nitrogens with zero attached hydrogens (tertiary/aromatic N) is 2. The second-order valence-corrected chi connectivity index (χ2v) is 12.9. The van der Waals surface area contributed by atoms with Crippen LogP contribution in [-0.4, -0.2) is 16.1 Å². The van der Waals surface area contributed by atoms with Crippen molar-refractivity contribution in [1.82, 2.24) is 0 Å². The third-order valence-electron chi connectivity index (χ3n) is 6.05. The summed E-state index contributed by atoms with van der Waals surface area (Å²) in [5, 5.41) is 11.7. The molecule has 1 heterocycles. The van der Waals surface area contributed by atoms with Crippen LogP contribution < -0.4 is 15.0 Å². The van der Waals surface area contributed by atoms with Crippen molar-refractivity contribution in [2.75, 3.05) is 10.2 Å². The van der Waals surface area contributed by atoms with E-state index < -0.39 is 11.7 Å². The lowest BCUT2D eigenvalue weighted by Crippen LogP contribution is -2.27. The molecule has 0 atom stereocenters. The minimum Gasteiger partial charge on any atom is -0.487 e. The van der Waals surface area contributed by atoms with Gasteiger partial charge in [0.1, 0.15) is 18.2 Å². The Labute approximate surface area is 278 Å². The maximum atomic E-state index is 13.4. The lowest BCUT2D eigenvalue weighted by atomic mass is 10.1. The first-order valence-corrected chi connectivity index (χ1v) is 15.7. The van der Waals surface area contributed by atoms with Crippen molar-refractivity contribution in [1.29, 1.82) is 5.26 Å². The van der Waals surface area contributed by atoms with E-state index in [2.05, 4.69) is 56.6 Å². The SMILES string of the molecule is N#Cc1ccc(COc2c(I)cc(/C=C3/SC(=S)N(c4cccc(C(=O)Nc5ccc(F)cc5)c4)C3=O)cc2I)cc1. The number of thioether (sulfide) groups is 1. The predicted molar refractivity (Wildman–Crippen MR) is 184 cm³/mol. The number of rotatable bonds is 7. The number of carbonyl (C=O) groups excluding carboxylic acids is 2.